The summed E-state index contributed by atoms with van der Waals surface area (Å²) < 4.78 is 5.69. The largest absolute Gasteiger partial charge is 0.399 e. The Balaban J connectivity index is 1.69. The molecule has 2 N–H and O–H groups in total. The standard InChI is InChI=1S/C30H40N4O2/c1-20-6-11-25-26(16-20)33(23-9-7-22(31)8-10-23)28(35)34(32-27(25)21-12-14-36-15-13-21)24-17-29(2,3)19-30(4,5)18-24/h6-11,16,21,24H,12-15,17-19,31H2,1-5H3. The van der Waals surface area contributed by atoms with Crippen LogP contribution in [-0.2, 0) is 4.74 Å². The van der Waals surface area contributed by atoms with Gasteiger partial charge in [-0.1, -0.05) is 39.8 Å². The molecule has 3 aliphatic rings. The number of rotatable bonds is 3. The lowest BCUT2D eigenvalue weighted by Gasteiger charge is -2.47. The lowest BCUT2D eigenvalue weighted by atomic mass is 9.63. The van der Waals surface area contributed by atoms with Crippen molar-refractivity contribution in [3.8, 4) is 0 Å². The molecule has 2 aromatic rings. The summed E-state index contributed by atoms with van der Waals surface area (Å²) in [6.07, 6.45) is 4.82. The predicted octanol–water partition coefficient (Wildman–Crippen LogP) is 6.89. The molecule has 2 fully saturated rings. The van der Waals surface area contributed by atoms with Crippen LogP contribution >= 0.6 is 0 Å². The Bertz CT molecular complexity index is 1150. The van der Waals surface area contributed by atoms with E-state index < -0.39 is 0 Å². The Morgan fingerprint density at radius 1 is 0.972 bits per heavy atom. The molecule has 192 valence electrons. The summed E-state index contributed by atoms with van der Waals surface area (Å²) in [5.74, 6) is 0.256. The van der Waals surface area contributed by atoms with Crippen LogP contribution in [0.1, 0.15) is 70.9 Å². The SMILES string of the molecule is Cc1ccc2c(c1)N(c1ccc(N)cc1)C(=O)N(C1CC(C)(C)CC(C)(C)C1)N=C2C1CCOCC1. The number of hydrogen-bond donors (Lipinski definition) is 1. The first-order valence-electron chi connectivity index (χ1n) is 13.3. The number of benzene rings is 2. The van der Waals surface area contributed by atoms with Crippen LogP contribution in [0.2, 0.25) is 0 Å². The summed E-state index contributed by atoms with van der Waals surface area (Å²) in [6.45, 7) is 12.8. The van der Waals surface area contributed by atoms with Crippen LogP contribution in [0.5, 0.6) is 0 Å². The highest BCUT2D eigenvalue weighted by Gasteiger charge is 2.45. The van der Waals surface area contributed by atoms with Gasteiger partial charge in [0, 0.05) is 30.4 Å². The fourth-order valence-corrected chi connectivity index (χ4v) is 6.81. The van der Waals surface area contributed by atoms with Crippen LogP contribution in [0.3, 0.4) is 0 Å². The zero-order valence-electron chi connectivity index (χ0n) is 22.4. The number of anilines is 3. The quantitative estimate of drug-likeness (QED) is 0.478. The highest BCUT2D eigenvalue weighted by atomic mass is 16.5. The molecular formula is C30H40N4O2. The number of hydrogen-bond acceptors (Lipinski definition) is 4. The third kappa shape index (κ3) is 4.88. The van der Waals surface area contributed by atoms with E-state index in [2.05, 4.69) is 52.8 Å². The van der Waals surface area contributed by atoms with Crippen molar-refractivity contribution in [2.24, 2.45) is 21.8 Å². The molecule has 0 radical (unpaired) electrons. The first-order chi connectivity index (χ1) is 17.0. The van der Waals surface area contributed by atoms with Gasteiger partial charge in [0.1, 0.15) is 0 Å². The van der Waals surface area contributed by atoms with Crippen LogP contribution in [-0.4, -0.2) is 36.0 Å². The smallest absolute Gasteiger partial charge is 0.349 e. The minimum atomic E-state index is -0.0906. The van der Waals surface area contributed by atoms with Crippen molar-refractivity contribution in [1.82, 2.24) is 5.01 Å². The lowest BCUT2D eigenvalue weighted by molar-refractivity contribution is 0.0419. The van der Waals surface area contributed by atoms with Crippen LogP contribution in [0.4, 0.5) is 21.9 Å². The Hall–Kier alpha value is -2.86. The maximum Gasteiger partial charge on any atom is 0.349 e. The third-order valence-corrected chi connectivity index (χ3v) is 7.91. The molecule has 6 nitrogen and oxygen atoms in total. The topological polar surface area (TPSA) is 71.2 Å². The number of carbonyl (C=O) groups is 1. The molecule has 0 spiro atoms. The number of carbonyl (C=O) groups excluding carboxylic acids is 1. The summed E-state index contributed by atoms with van der Waals surface area (Å²) in [7, 11) is 0. The van der Waals surface area contributed by atoms with E-state index in [0.29, 0.717) is 5.69 Å². The first kappa shape index (κ1) is 24.8. The van der Waals surface area contributed by atoms with Crippen molar-refractivity contribution in [2.45, 2.75) is 72.8 Å². The van der Waals surface area contributed by atoms with Crippen LogP contribution in [0.15, 0.2) is 47.6 Å². The molecule has 0 unspecified atom stereocenters. The summed E-state index contributed by atoms with van der Waals surface area (Å²) in [4.78, 5) is 16.4. The number of nitrogen functional groups attached to an aromatic ring is 1. The molecule has 5 rings (SSSR count). The van der Waals surface area contributed by atoms with E-state index in [4.69, 9.17) is 15.6 Å². The monoisotopic (exact) mass is 488 g/mol. The molecule has 2 heterocycles. The second-order valence-corrected chi connectivity index (χ2v) is 12.5. The molecule has 0 atom stereocenters. The minimum absolute atomic E-state index is 0.0257. The minimum Gasteiger partial charge on any atom is -0.399 e. The number of aryl methyl sites for hydroxylation is 1. The predicted molar refractivity (Wildman–Crippen MR) is 147 cm³/mol. The highest BCUT2D eigenvalue weighted by molar-refractivity contribution is 6.14. The Morgan fingerprint density at radius 2 is 1.61 bits per heavy atom. The molecule has 1 aliphatic carbocycles. The molecule has 0 bridgehead atoms. The highest BCUT2D eigenvalue weighted by Crippen LogP contribution is 2.48. The maximum atomic E-state index is 14.5. The molecule has 36 heavy (non-hydrogen) atoms. The second-order valence-electron chi connectivity index (χ2n) is 12.5. The summed E-state index contributed by atoms with van der Waals surface area (Å²) in [5, 5.41) is 7.11. The molecular weight excluding hydrogens is 448 g/mol. The molecule has 1 saturated heterocycles. The zero-order valence-corrected chi connectivity index (χ0v) is 22.4. The molecule has 2 aromatic carbocycles. The lowest BCUT2D eigenvalue weighted by Crippen LogP contribution is -2.49. The Kier molecular flexibility index (Phi) is 6.36. The van der Waals surface area contributed by atoms with E-state index in [1.165, 1.54) is 0 Å². The molecule has 0 aromatic heterocycles. The van der Waals surface area contributed by atoms with Gasteiger partial charge in [0.15, 0.2) is 0 Å². The van der Waals surface area contributed by atoms with Crippen LogP contribution in [0, 0.1) is 23.7 Å². The van der Waals surface area contributed by atoms with E-state index in [1.54, 1.807) is 0 Å². The molecule has 2 amide bonds. The van der Waals surface area contributed by atoms with Gasteiger partial charge in [-0.05, 0) is 85.8 Å². The fraction of sp³-hybridized carbons (Fsp3) is 0.533. The van der Waals surface area contributed by atoms with Crippen molar-refractivity contribution in [3.63, 3.8) is 0 Å². The normalized spacial score (nSPS) is 22.7. The van der Waals surface area contributed by atoms with Crippen molar-refractivity contribution in [2.75, 3.05) is 23.8 Å². The van der Waals surface area contributed by atoms with Gasteiger partial charge in [-0.3, -0.25) is 4.90 Å². The number of nitrogens with zero attached hydrogens (tertiary/aromatic N) is 3. The van der Waals surface area contributed by atoms with Crippen molar-refractivity contribution in [1.29, 1.82) is 0 Å². The number of amides is 2. The number of hydrazone groups is 1. The second kappa shape index (κ2) is 9.22. The van der Waals surface area contributed by atoms with Crippen molar-refractivity contribution >= 4 is 28.8 Å². The van der Waals surface area contributed by atoms with E-state index in [1.807, 2.05) is 34.2 Å². The number of ether oxygens (including phenoxy) is 1. The third-order valence-electron chi connectivity index (χ3n) is 7.91. The van der Waals surface area contributed by atoms with Crippen LogP contribution < -0.4 is 10.6 Å². The number of nitrogens with two attached hydrogens (primary N) is 1. The van der Waals surface area contributed by atoms with E-state index in [9.17, 15) is 4.79 Å². The Morgan fingerprint density at radius 3 is 2.25 bits per heavy atom. The maximum absolute atomic E-state index is 14.5. The van der Waals surface area contributed by atoms with E-state index >= 15 is 0 Å². The number of fused-ring (bicyclic) bond motifs is 1. The fourth-order valence-electron chi connectivity index (χ4n) is 6.81. The van der Waals surface area contributed by atoms with Gasteiger partial charge in [-0.2, -0.15) is 5.10 Å². The van der Waals surface area contributed by atoms with E-state index in [-0.39, 0.29) is 28.8 Å². The average Bonchev–Trinajstić information content (AvgIpc) is 2.92. The van der Waals surface area contributed by atoms with Gasteiger partial charge in [-0.15, -0.1) is 0 Å². The first-order valence-corrected chi connectivity index (χ1v) is 13.3. The van der Waals surface area contributed by atoms with Gasteiger partial charge in [-0.25, -0.2) is 9.80 Å². The Labute approximate surface area is 215 Å². The summed E-state index contributed by atoms with van der Waals surface area (Å²) >= 11 is 0. The summed E-state index contributed by atoms with van der Waals surface area (Å²) in [6, 6.07) is 13.9. The van der Waals surface area contributed by atoms with Gasteiger partial charge < -0.3 is 10.5 Å². The molecule has 1 saturated carbocycles. The molecule has 2 aliphatic heterocycles. The van der Waals surface area contributed by atoms with Gasteiger partial charge in [0.2, 0.25) is 0 Å². The van der Waals surface area contributed by atoms with E-state index in [0.717, 1.165) is 73.5 Å². The van der Waals surface area contributed by atoms with Gasteiger partial charge in [0.05, 0.1) is 23.1 Å². The van der Waals surface area contributed by atoms with Crippen molar-refractivity contribution in [3.05, 3.63) is 53.6 Å². The number of urea groups is 1. The van der Waals surface area contributed by atoms with Gasteiger partial charge >= 0.3 is 6.03 Å². The van der Waals surface area contributed by atoms with Crippen LogP contribution in [0.25, 0.3) is 0 Å². The zero-order chi connectivity index (χ0) is 25.7. The average molecular weight is 489 g/mol. The van der Waals surface area contributed by atoms with Gasteiger partial charge in [0.25, 0.3) is 0 Å². The summed E-state index contributed by atoms with van der Waals surface area (Å²) in [5.41, 5.74) is 11.8. The molecule has 6 heteroatoms. The van der Waals surface area contributed by atoms with Crippen molar-refractivity contribution < 1.29 is 9.53 Å².